The quantitative estimate of drug-likeness (QED) is 0.875. The molecule has 0 aliphatic heterocycles. The maximum Gasteiger partial charge on any atom is 0.251 e. The normalized spacial score (nSPS) is 12.0. The third-order valence-electron chi connectivity index (χ3n) is 1.90. The molecule has 1 heterocycles. The van der Waals surface area contributed by atoms with E-state index in [1.807, 2.05) is 0 Å². The number of alkyl halides is 2. The van der Waals surface area contributed by atoms with E-state index in [2.05, 4.69) is 10.1 Å². The zero-order chi connectivity index (χ0) is 12.3. The first-order chi connectivity index (χ1) is 7.29. The van der Waals surface area contributed by atoms with Crippen LogP contribution in [0, 0.1) is 0 Å². The molecule has 0 aromatic carbocycles. The van der Waals surface area contributed by atoms with Crippen molar-refractivity contribution in [3.05, 3.63) is 11.7 Å². The summed E-state index contributed by atoms with van der Waals surface area (Å²) in [6.45, 7) is 3.34. The lowest BCUT2D eigenvalue weighted by atomic mass is 10.1. The van der Waals surface area contributed by atoms with E-state index in [0.29, 0.717) is 5.82 Å². The third kappa shape index (κ3) is 5.38. The molecule has 100 valence electrons. The molecule has 5 nitrogen and oxygen atoms in total. The Hall–Kier alpha value is -0.790. The molecule has 0 bridgehead atoms. The molecular formula is C9H17ClF2N4O. The van der Waals surface area contributed by atoms with E-state index in [1.54, 1.807) is 20.9 Å². The maximum absolute atomic E-state index is 12.1. The molecule has 0 atom stereocenters. The second-order valence-electron chi connectivity index (χ2n) is 4.32. The van der Waals surface area contributed by atoms with Crippen LogP contribution in [0.4, 0.5) is 8.78 Å². The second-order valence-corrected chi connectivity index (χ2v) is 4.32. The first kappa shape index (κ1) is 16.2. The Labute approximate surface area is 105 Å². The Morgan fingerprint density at radius 3 is 2.47 bits per heavy atom. The molecule has 8 heteroatoms. The van der Waals surface area contributed by atoms with Gasteiger partial charge in [0.1, 0.15) is 0 Å². The van der Waals surface area contributed by atoms with E-state index in [-0.39, 0.29) is 31.4 Å². The van der Waals surface area contributed by atoms with E-state index in [4.69, 9.17) is 10.3 Å². The minimum absolute atomic E-state index is 0. The van der Waals surface area contributed by atoms with Crippen LogP contribution < -0.4 is 5.73 Å². The maximum atomic E-state index is 12.1. The van der Waals surface area contributed by atoms with Gasteiger partial charge < -0.3 is 10.3 Å². The summed E-state index contributed by atoms with van der Waals surface area (Å²) in [6, 6.07) is 0. The molecule has 1 rings (SSSR count). The van der Waals surface area contributed by atoms with Gasteiger partial charge >= 0.3 is 0 Å². The summed E-state index contributed by atoms with van der Waals surface area (Å²) in [5, 5.41) is 3.69. The Bertz CT molecular complexity index is 340. The molecule has 0 spiro atoms. The average Bonchev–Trinajstić information content (AvgIpc) is 2.49. The van der Waals surface area contributed by atoms with Gasteiger partial charge in [-0.1, -0.05) is 5.16 Å². The fourth-order valence-electron chi connectivity index (χ4n) is 1.11. The summed E-state index contributed by atoms with van der Waals surface area (Å²) in [5.41, 5.74) is 5.07. The first-order valence-electron chi connectivity index (χ1n) is 4.87. The van der Waals surface area contributed by atoms with Crippen LogP contribution in [0.5, 0.6) is 0 Å². The molecule has 0 fully saturated rings. The van der Waals surface area contributed by atoms with Gasteiger partial charge in [0.2, 0.25) is 5.89 Å². The van der Waals surface area contributed by atoms with Crippen LogP contribution >= 0.6 is 12.4 Å². The zero-order valence-electron chi connectivity index (χ0n) is 9.98. The Morgan fingerprint density at radius 1 is 1.47 bits per heavy atom. The van der Waals surface area contributed by atoms with Crippen LogP contribution in [-0.4, -0.2) is 35.1 Å². The Morgan fingerprint density at radius 2 is 2.06 bits per heavy atom. The minimum atomic E-state index is -2.38. The highest BCUT2D eigenvalue weighted by Gasteiger charge is 2.22. The molecule has 17 heavy (non-hydrogen) atoms. The average molecular weight is 271 g/mol. The Balaban J connectivity index is 0.00000256. The lowest BCUT2D eigenvalue weighted by Gasteiger charge is -2.13. The number of rotatable bonds is 5. The van der Waals surface area contributed by atoms with Crippen LogP contribution in [-0.2, 0) is 12.1 Å². The van der Waals surface area contributed by atoms with Crippen LogP contribution in [0.1, 0.15) is 25.6 Å². The van der Waals surface area contributed by atoms with Crippen molar-refractivity contribution >= 4 is 12.4 Å². The highest BCUT2D eigenvalue weighted by Crippen LogP contribution is 2.13. The van der Waals surface area contributed by atoms with Gasteiger partial charge in [-0.25, -0.2) is 8.78 Å². The summed E-state index contributed by atoms with van der Waals surface area (Å²) >= 11 is 0. The van der Waals surface area contributed by atoms with Crippen LogP contribution in [0.15, 0.2) is 4.52 Å². The molecule has 0 aliphatic rings. The number of halogens is 3. The van der Waals surface area contributed by atoms with Gasteiger partial charge in [0.05, 0.1) is 18.6 Å². The van der Waals surface area contributed by atoms with Crippen molar-refractivity contribution in [3.8, 4) is 0 Å². The number of hydrogen-bond acceptors (Lipinski definition) is 5. The molecule has 0 radical (unpaired) electrons. The second kappa shape index (κ2) is 6.23. The van der Waals surface area contributed by atoms with Gasteiger partial charge in [-0.3, -0.25) is 4.90 Å². The lowest BCUT2D eigenvalue weighted by molar-refractivity contribution is 0.0927. The number of hydrogen-bond donors (Lipinski definition) is 1. The number of nitrogens with zero attached hydrogens (tertiary/aromatic N) is 3. The molecule has 2 N–H and O–H groups in total. The standard InChI is InChI=1S/C9H16F2N4O.ClH/c1-9(2,12)8-13-7(16-14-8)5-15(3)4-6(10)11;/h6H,4-5,12H2,1-3H3;1H. The fraction of sp³-hybridized carbons (Fsp3) is 0.778. The smallest absolute Gasteiger partial charge is 0.251 e. The van der Waals surface area contributed by atoms with Crippen molar-refractivity contribution in [2.75, 3.05) is 13.6 Å². The van der Waals surface area contributed by atoms with Crippen molar-refractivity contribution in [1.29, 1.82) is 0 Å². The van der Waals surface area contributed by atoms with Gasteiger partial charge in [0.15, 0.2) is 5.82 Å². The van der Waals surface area contributed by atoms with Crippen molar-refractivity contribution in [2.45, 2.75) is 32.4 Å². The topological polar surface area (TPSA) is 68.2 Å². The summed E-state index contributed by atoms with van der Waals surface area (Å²) in [5.74, 6) is 0.657. The van der Waals surface area contributed by atoms with Gasteiger partial charge in [-0.05, 0) is 20.9 Å². The van der Waals surface area contributed by atoms with E-state index in [9.17, 15) is 8.78 Å². The molecular weight excluding hydrogens is 254 g/mol. The van der Waals surface area contributed by atoms with Gasteiger partial charge in [-0.2, -0.15) is 4.98 Å². The molecule has 0 saturated carbocycles. The predicted octanol–water partition coefficient (Wildman–Crippen LogP) is 1.38. The van der Waals surface area contributed by atoms with E-state index >= 15 is 0 Å². The summed E-state index contributed by atoms with van der Waals surface area (Å²) in [7, 11) is 1.56. The molecule has 0 amide bonds. The monoisotopic (exact) mass is 270 g/mol. The molecule has 1 aromatic heterocycles. The highest BCUT2D eigenvalue weighted by atomic mass is 35.5. The van der Waals surface area contributed by atoms with E-state index in [0.717, 1.165) is 0 Å². The Kier molecular flexibility index (Phi) is 5.94. The van der Waals surface area contributed by atoms with Crippen LogP contribution in [0.25, 0.3) is 0 Å². The van der Waals surface area contributed by atoms with Crippen molar-refractivity contribution < 1.29 is 13.3 Å². The molecule has 0 saturated heterocycles. The lowest BCUT2D eigenvalue weighted by Crippen LogP contribution is -2.30. The van der Waals surface area contributed by atoms with Crippen molar-refractivity contribution in [3.63, 3.8) is 0 Å². The SMILES string of the molecule is CN(Cc1nc(C(C)(C)N)no1)CC(F)F.Cl. The third-order valence-corrected chi connectivity index (χ3v) is 1.90. The molecule has 1 aromatic rings. The zero-order valence-corrected chi connectivity index (χ0v) is 10.8. The van der Waals surface area contributed by atoms with Crippen LogP contribution in [0.3, 0.4) is 0 Å². The molecule has 0 aliphatic carbocycles. The summed E-state index contributed by atoms with van der Waals surface area (Å²) in [6.07, 6.45) is -2.38. The van der Waals surface area contributed by atoms with Crippen LogP contribution in [0.2, 0.25) is 0 Å². The van der Waals surface area contributed by atoms with Crippen molar-refractivity contribution in [1.82, 2.24) is 15.0 Å². The summed E-state index contributed by atoms with van der Waals surface area (Å²) in [4.78, 5) is 5.45. The fourth-order valence-corrected chi connectivity index (χ4v) is 1.11. The van der Waals surface area contributed by atoms with Gasteiger partial charge in [-0.15, -0.1) is 12.4 Å². The number of aromatic nitrogens is 2. The first-order valence-corrected chi connectivity index (χ1v) is 4.87. The van der Waals surface area contributed by atoms with Gasteiger partial charge in [0.25, 0.3) is 6.43 Å². The van der Waals surface area contributed by atoms with E-state index in [1.165, 1.54) is 4.90 Å². The van der Waals surface area contributed by atoms with Gasteiger partial charge in [0, 0.05) is 0 Å². The van der Waals surface area contributed by atoms with E-state index < -0.39 is 12.0 Å². The predicted molar refractivity (Wildman–Crippen MR) is 61.1 cm³/mol. The largest absolute Gasteiger partial charge is 0.338 e. The number of nitrogens with two attached hydrogens (primary N) is 1. The van der Waals surface area contributed by atoms with Crippen molar-refractivity contribution in [2.24, 2.45) is 5.73 Å². The summed E-state index contributed by atoms with van der Waals surface area (Å²) < 4.78 is 29.0. The molecule has 0 unspecified atom stereocenters. The minimum Gasteiger partial charge on any atom is -0.338 e. The highest BCUT2D eigenvalue weighted by molar-refractivity contribution is 5.85.